The van der Waals surface area contributed by atoms with E-state index in [0.29, 0.717) is 12.3 Å². The summed E-state index contributed by atoms with van der Waals surface area (Å²) in [5.74, 6) is 1.00. The van der Waals surface area contributed by atoms with Crippen molar-refractivity contribution in [1.82, 2.24) is 19.6 Å². The first-order valence-corrected chi connectivity index (χ1v) is 7.31. The lowest BCUT2D eigenvalue weighted by Crippen LogP contribution is -2.20. The number of aryl methyl sites for hydroxylation is 1. The van der Waals surface area contributed by atoms with Crippen molar-refractivity contribution in [3.05, 3.63) is 52.7 Å². The van der Waals surface area contributed by atoms with Gasteiger partial charge in [-0.3, -0.25) is 0 Å². The zero-order chi connectivity index (χ0) is 15.7. The van der Waals surface area contributed by atoms with Gasteiger partial charge >= 0.3 is 0 Å². The van der Waals surface area contributed by atoms with Gasteiger partial charge in [0.1, 0.15) is 18.0 Å². The van der Waals surface area contributed by atoms with E-state index in [-0.39, 0.29) is 5.02 Å². The minimum Gasteiger partial charge on any atom is -0.355 e. The Balaban J connectivity index is 1.95. The van der Waals surface area contributed by atoms with Crippen molar-refractivity contribution in [2.75, 3.05) is 11.9 Å². The quantitative estimate of drug-likeness (QED) is 0.741. The second kappa shape index (κ2) is 5.88. The van der Waals surface area contributed by atoms with Gasteiger partial charge in [0.2, 0.25) is 0 Å². The molecule has 0 aliphatic heterocycles. The maximum Gasteiger partial charge on any atom is 0.254 e. The van der Waals surface area contributed by atoms with Gasteiger partial charge in [-0.05, 0) is 24.1 Å². The Bertz CT molecular complexity index is 817. The van der Waals surface area contributed by atoms with Crippen molar-refractivity contribution in [3.63, 3.8) is 0 Å². The van der Waals surface area contributed by atoms with Crippen LogP contribution >= 0.6 is 11.6 Å². The summed E-state index contributed by atoms with van der Waals surface area (Å²) in [4.78, 5) is 10.5. The standard InChI is InChI=1S/C15H15ClFN5/c1-3-11-7-14(22-15(20-11)18-9-19-22)21(2)8-10-4-5-12(16)13(17)6-10/h4-7,9H,3,8H2,1-2H3. The first-order chi connectivity index (χ1) is 10.6. The van der Waals surface area contributed by atoms with Gasteiger partial charge in [-0.25, -0.2) is 9.37 Å². The van der Waals surface area contributed by atoms with Crippen LogP contribution in [0.2, 0.25) is 5.02 Å². The summed E-state index contributed by atoms with van der Waals surface area (Å²) < 4.78 is 15.2. The highest BCUT2D eigenvalue weighted by Gasteiger charge is 2.12. The SMILES string of the molecule is CCc1cc(N(C)Cc2ccc(Cl)c(F)c2)n2ncnc2n1. The maximum absolute atomic E-state index is 13.6. The van der Waals surface area contributed by atoms with Crippen LogP contribution in [0.4, 0.5) is 10.2 Å². The highest BCUT2D eigenvalue weighted by atomic mass is 35.5. The second-order valence-electron chi connectivity index (χ2n) is 5.04. The van der Waals surface area contributed by atoms with E-state index in [1.807, 2.05) is 31.0 Å². The van der Waals surface area contributed by atoms with Crippen LogP contribution in [0.1, 0.15) is 18.2 Å². The van der Waals surface area contributed by atoms with Crippen LogP contribution in [-0.2, 0) is 13.0 Å². The third-order valence-electron chi connectivity index (χ3n) is 3.44. The molecule has 0 N–H and O–H groups in total. The molecular formula is C15H15ClFN5. The molecule has 0 bridgehead atoms. The Kier molecular flexibility index (Phi) is 3.94. The molecule has 5 nitrogen and oxygen atoms in total. The maximum atomic E-state index is 13.6. The smallest absolute Gasteiger partial charge is 0.254 e. The van der Waals surface area contributed by atoms with Crippen LogP contribution in [0.3, 0.4) is 0 Å². The van der Waals surface area contributed by atoms with E-state index in [2.05, 4.69) is 15.1 Å². The Labute approximate surface area is 132 Å². The summed E-state index contributed by atoms with van der Waals surface area (Å²) in [5, 5.41) is 4.32. The molecule has 0 radical (unpaired) electrons. The zero-order valence-electron chi connectivity index (χ0n) is 12.3. The first-order valence-electron chi connectivity index (χ1n) is 6.93. The molecule has 0 aliphatic rings. The van der Waals surface area contributed by atoms with Crippen LogP contribution in [0.15, 0.2) is 30.6 Å². The van der Waals surface area contributed by atoms with Crippen molar-refractivity contribution >= 4 is 23.2 Å². The minimum atomic E-state index is -0.414. The Morgan fingerprint density at radius 3 is 2.86 bits per heavy atom. The van der Waals surface area contributed by atoms with E-state index < -0.39 is 5.82 Å². The van der Waals surface area contributed by atoms with Gasteiger partial charge in [-0.2, -0.15) is 14.6 Å². The molecule has 0 saturated carbocycles. The van der Waals surface area contributed by atoms with Gasteiger partial charge in [0, 0.05) is 25.4 Å². The number of hydrogen-bond acceptors (Lipinski definition) is 4. The Morgan fingerprint density at radius 2 is 2.14 bits per heavy atom. The van der Waals surface area contributed by atoms with Gasteiger partial charge in [0.25, 0.3) is 5.78 Å². The van der Waals surface area contributed by atoms with Gasteiger partial charge in [-0.1, -0.05) is 24.6 Å². The Morgan fingerprint density at radius 1 is 1.32 bits per heavy atom. The van der Waals surface area contributed by atoms with Crippen LogP contribution < -0.4 is 4.90 Å². The number of anilines is 1. The summed E-state index contributed by atoms with van der Waals surface area (Å²) in [6, 6.07) is 6.78. The number of benzene rings is 1. The average Bonchev–Trinajstić information content (AvgIpc) is 2.98. The summed E-state index contributed by atoms with van der Waals surface area (Å²) in [7, 11) is 1.92. The predicted octanol–water partition coefficient (Wildman–Crippen LogP) is 3.12. The van der Waals surface area contributed by atoms with Gasteiger partial charge in [0.05, 0.1) is 5.02 Å². The van der Waals surface area contributed by atoms with Gasteiger partial charge in [-0.15, -0.1) is 0 Å². The largest absolute Gasteiger partial charge is 0.355 e. The lowest BCUT2D eigenvalue weighted by molar-refractivity contribution is 0.625. The first kappa shape index (κ1) is 14.7. The number of rotatable bonds is 4. The highest BCUT2D eigenvalue weighted by molar-refractivity contribution is 6.30. The molecular weight excluding hydrogens is 305 g/mol. The van der Waals surface area contributed by atoms with E-state index in [0.717, 1.165) is 23.5 Å². The van der Waals surface area contributed by atoms with Gasteiger partial charge < -0.3 is 4.90 Å². The third kappa shape index (κ3) is 2.74. The highest BCUT2D eigenvalue weighted by Crippen LogP contribution is 2.20. The fraction of sp³-hybridized carbons (Fsp3) is 0.267. The molecule has 2 aromatic heterocycles. The van der Waals surface area contributed by atoms with Gasteiger partial charge in [0.15, 0.2) is 0 Å². The third-order valence-corrected chi connectivity index (χ3v) is 3.75. The molecule has 2 heterocycles. The molecule has 0 spiro atoms. The number of fused-ring (bicyclic) bond motifs is 1. The zero-order valence-corrected chi connectivity index (χ0v) is 13.0. The lowest BCUT2D eigenvalue weighted by atomic mass is 10.2. The summed E-state index contributed by atoms with van der Waals surface area (Å²) in [5.41, 5.74) is 1.76. The van der Waals surface area contributed by atoms with Crippen LogP contribution in [0.25, 0.3) is 5.78 Å². The second-order valence-corrected chi connectivity index (χ2v) is 5.44. The molecule has 3 aromatic rings. The predicted molar refractivity (Wildman–Crippen MR) is 83.7 cm³/mol. The van der Waals surface area contributed by atoms with E-state index >= 15 is 0 Å². The molecule has 0 aliphatic carbocycles. The fourth-order valence-electron chi connectivity index (χ4n) is 2.29. The van der Waals surface area contributed by atoms with Crippen molar-refractivity contribution in [2.45, 2.75) is 19.9 Å². The molecule has 3 rings (SSSR count). The molecule has 0 unspecified atom stereocenters. The topological polar surface area (TPSA) is 46.3 Å². The van der Waals surface area contributed by atoms with Crippen molar-refractivity contribution < 1.29 is 4.39 Å². The summed E-state index contributed by atoms with van der Waals surface area (Å²) in [6.07, 6.45) is 2.28. The Hall–Kier alpha value is -2.21. The van der Waals surface area contributed by atoms with E-state index in [1.54, 1.807) is 10.6 Å². The average molecular weight is 320 g/mol. The molecule has 0 atom stereocenters. The van der Waals surface area contributed by atoms with Crippen molar-refractivity contribution in [1.29, 1.82) is 0 Å². The fourth-order valence-corrected chi connectivity index (χ4v) is 2.41. The molecule has 7 heteroatoms. The van der Waals surface area contributed by atoms with Crippen LogP contribution in [0.5, 0.6) is 0 Å². The number of halogens is 2. The summed E-state index contributed by atoms with van der Waals surface area (Å²) >= 11 is 5.72. The number of nitrogens with zero attached hydrogens (tertiary/aromatic N) is 5. The lowest BCUT2D eigenvalue weighted by Gasteiger charge is -2.20. The van der Waals surface area contributed by atoms with E-state index in [1.165, 1.54) is 12.4 Å². The normalized spacial score (nSPS) is 11.1. The number of aromatic nitrogens is 4. The van der Waals surface area contributed by atoms with E-state index in [9.17, 15) is 4.39 Å². The molecule has 0 fully saturated rings. The number of hydrogen-bond donors (Lipinski definition) is 0. The van der Waals surface area contributed by atoms with Crippen LogP contribution in [0, 0.1) is 5.82 Å². The van der Waals surface area contributed by atoms with Crippen LogP contribution in [-0.4, -0.2) is 26.6 Å². The summed E-state index contributed by atoms with van der Waals surface area (Å²) in [6.45, 7) is 2.56. The minimum absolute atomic E-state index is 0.127. The molecule has 114 valence electrons. The van der Waals surface area contributed by atoms with E-state index in [4.69, 9.17) is 11.6 Å². The molecule has 1 aromatic carbocycles. The monoisotopic (exact) mass is 319 g/mol. The molecule has 22 heavy (non-hydrogen) atoms. The van der Waals surface area contributed by atoms with Crippen molar-refractivity contribution in [2.24, 2.45) is 0 Å². The molecule has 0 amide bonds. The molecule has 0 saturated heterocycles. The van der Waals surface area contributed by atoms with Crippen molar-refractivity contribution in [3.8, 4) is 0 Å².